The van der Waals surface area contributed by atoms with Gasteiger partial charge in [0.05, 0.1) is 0 Å². The van der Waals surface area contributed by atoms with Crippen molar-refractivity contribution in [3.8, 4) is 44.5 Å². The van der Waals surface area contributed by atoms with Gasteiger partial charge in [0.2, 0.25) is 0 Å². The second-order valence-electron chi connectivity index (χ2n) is 37.3. The smallest absolute Gasteiger partial charge is 0.0297 e. The van der Waals surface area contributed by atoms with Gasteiger partial charge in [-0.15, -0.1) is 0 Å². The summed E-state index contributed by atoms with van der Waals surface area (Å²) < 4.78 is 4.58. The molecule has 15 aromatic rings. The zero-order chi connectivity index (χ0) is 96.6. The molecule has 15 rings (SSSR count). The van der Waals surface area contributed by atoms with Crippen LogP contribution in [0.2, 0.25) is 0 Å². The van der Waals surface area contributed by atoms with Gasteiger partial charge in [0.1, 0.15) is 0 Å². The first-order valence-corrected chi connectivity index (χ1v) is 49.0. The molecule has 0 saturated heterocycles. The van der Waals surface area contributed by atoms with Gasteiger partial charge in [-0.05, 0) is 464 Å². The second-order valence-corrected chi connectivity index (χ2v) is 40.5. The summed E-state index contributed by atoms with van der Waals surface area (Å²) in [4.78, 5) is 0. The van der Waals surface area contributed by atoms with Crippen LogP contribution in [0, 0.1) is 222 Å². The molecule has 130 heavy (non-hydrogen) atoms. The summed E-state index contributed by atoms with van der Waals surface area (Å²) in [5, 5.41) is 0. The van der Waals surface area contributed by atoms with Crippen LogP contribution in [0.4, 0.5) is 0 Å². The molecule has 0 saturated carbocycles. The van der Waals surface area contributed by atoms with Crippen molar-refractivity contribution in [1.82, 2.24) is 0 Å². The van der Waals surface area contributed by atoms with Crippen LogP contribution in [0.1, 0.15) is 214 Å². The SMILES string of the molecule is Cc1c(C)c(Br)c(-c2c(Br)c(C)c(C)c(C)c2Br)c(Br)c1C.Cc1cc(-c2cc(C)c(C)c(C)c2)cc(C)c1C.Cc1cc(C)cc(C(C)(C)c2cc(C)c(C)c(C)c2)c1.Cc1ccc(-c2ccc(C)c(C)c2)cc1C.Cc1ccc(-c2ccc(C)cc2)cc1.Cc1ccc(C)c(C)c1.Cc1ccc(C)cc1.Cc1ccc(Cc2ccc(C)cc2)cc1.Cc1cccc(C)c1. The zero-order valence-electron chi connectivity index (χ0n) is 85.0. The maximum absolute atomic E-state index is 3.82. The van der Waals surface area contributed by atoms with Crippen LogP contribution < -0.4 is 0 Å². The Morgan fingerprint density at radius 3 is 0.662 bits per heavy atom. The highest BCUT2D eigenvalue weighted by molar-refractivity contribution is 9.11. The molecule has 0 unspecified atom stereocenters. The van der Waals surface area contributed by atoms with Crippen molar-refractivity contribution < 1.29 is 0 Å². The molecule has 0 heterocycles. The van der Waals surface area contributed by atoms with E-state index in [1.54, 1.807) is 0 Å². The monoisotopic (exact) mass is 1970 g/mol. The maximum atomic E-state index is 3.82. The Bertz CT molecular complexity index is 5870. The molecule has 0 radical (unpaired) electrons. The second kappa shape index (κ2) is 49.6. The van der Waals surface area contributed by atoms with Crippen molar-refractivity contribution in [2.45, 2.75) is 247 Å². The lowest BCUT2D eigenvalue weighted by Gasteiger charge is -2.28. The van der Waals surface area contributed by atoms with Crippen molar-refractivity contribution in [3.63, 3.8) is 0 Å². The summed E-state index contributed by atoms with van der Waals surface area (Å²) in [5.74, 6) is 0. The highest BCUT2D eigenvalue weighted by atomic mass is 79.9. The van der Waals surface area contributed by atoms with E-state index in [2.05, 4.69) is 554 Å². The van der Waals surface area contributed by atoms with Gasteiger partial charge in [0.25, 0.3) is 0 Å². The molecule has 678 valence electrons. The van der Waals surface area contributed by atoms with Gasteiger partial charge in [-0.3, -0.25) is 0 Å². The van der Waals surface area contributed by atoms with Crippen molar-refractivity contribution in [1.29, 1.82) is 0 Å². The Kier molecular flexibility index (Phi) is 41.0. The lowest BCUT2D eigenvalue weighted by atomic mass is 9.76. The Morgan fingerprint density at radius 2 is 0.392 bits per heavy atom. The van der Waals surface area contributed by atoms with E-state index >= 15 is 0 Å². The molecule has 0 aliphatic heterocycles. The van der Waals surface area contributed by atoms with Crippen LogP contribution in [0.15, 0.2) is 273 Å². The molecule has 4 heteroatoms. The molecule has 0 nitrogen and oxygen atoms in total. The molecule has 0 N–H and O–H groups in total. The van der Waals surface area contributed by atoms with Crippen LogP contribution in [0.5, 0.6) is 0 Å². The predicted molar refractivity (Wildman–Crippen MR) is 590 cm³/mol. The Hall–Kier alpha value is -9.78. The fraction of sp³-hybridized carbons (Fsp3) is 0.286. The van der Waals surface area contributed by atoms with Crippen molar-refractivity contribution in [3.05, 3.63) is 473 Å². The Morgan fingerprint density at radius 1 is 0.169 bits per heavy atom. The first kappa shape index (κ1) is 107. The molecule has 0 aliphatic rings. The van der Waals surface area contributed by atoms with E-state index in [0.29, 0.717) is 0 Å². The number of hydrogen-bond donors (Lipinski definition) is 0. The van der Waals surface area contributed by atoms with Crippen LogP contribution in [-0.4, -0.2) is 0 Å². The molecule has 0 spiro atoms. The number of rotatable bonds is 8. The minimum atomic E-state index is 0.0417. The third-order valence-electron chi connectivity index (χ3n) is 26.0. The van der Waals surface area contributed by atoms with Gasteiger partial charge in [0.15, 0.2) is 0 Å². The quantitative estimate of drug-likeness (QED) is 0.142. The Labute approximate surface area is 821 Å². The number of benzene rings is 15. The number of aryl methyl sites for hydroxylation is 23. The molecular formula is C126H146Br4. The lowest BCUT2D eigenvalue weighted by molar-refractivity contribution is 0.638. The summed E-state index contributed by atoms with van der Waals surface area (Å²) in [6.45, 7) is 73.7. The minimum Gasteiger partial charge on any atom is -0.0617 e. The van der Waals surface area contributed by atoms with E-state index in [4.69, 9.17) is 0 Å². The highest BCUT2D eigenvalue weighted by Crippen LogP contribution is 2.49. The third-order valence-corrected chi connectivity index (χ3v) is 29.9. The van der Waals surface area contributed by atoms with E-state index in [9.17, 15) is 0 Å². The van der Waals surface area contributed by atoms with Crippen molar-refractivity contribution in [2.24, 2.45) is 0 Å². The van der Waals surface area contributed by atoms with Gasteiger partial charge in [-0.2, -0.15) is 0 Å². The molecule has 0 atom stereocenters. The topological polar surface area (TPSA) is 0 Å². The van der Waals surface area contributed by atoms with Gasteiger partial charge >= 0.3 is 0 Å². The lowest BCUT2D eigenvalue weighted by Crippen LogP contribution is -2.20. The van der Waals surface area contributed by atoms with Gasteiger partial charge in [-0.25, -0.2) is 0 Å². The molecule has 0 bridgehead atoms. The standard InChI is InChI=1S/C20H26.C18H18Br4.C18H22.C16H18.C15H16.C14H14.C9H12.2C8H10/c1-13-8-14(2)10-18(9-13)20(6,7)19-11-15(3)17(5)16(4)12-19;1-7-9(3)15(19)13(16(20)10(7)4)14-17(21)11(5)8(2)12(6)18(14)22;1-11-7-17(8-12(2)15(11)5)18-9-13(3)16(6)14(4)10-18;1-11-5-7-15(9-13(11)3)16-8-6-12(2)14(4)10-16;1-12-3-7-14(8-4-12)11-15-9-5-13(2)6-10-15;1-11-3-7-13(8-4-11)14-9-5-12(2)6-10-14;1-7-4-5-8(2)9(3)6-7;1-7-3-5-8(2)6-4-7;1-7-4-3-5-8(2)6-7/h8-12H,1-7H3;1-6H3;7-10H,1-6H3;5-10H,1-4H3;3-10H,11H2,1-2H3;3-10H,1-2H3;4-6H,1-3H3;2*3-6H,1-2H3. The van der Waals surface area contributed by atoms with E-state index in [0.717, 1.165) is 24.3 Å². The van der Waals surface area contributed by atoms with E-state index in [1.807, 2.05) is 0 Å². The molecule has 0 fully saturated rings. The molecule has 0 aromatic heterocycles. The van der Waals surface area contributed by atoms with E-state index < -0.39 is 0 Å². The summed E-state index contributed by atoms with van der Waals surface area (Å²) >= 11 is 15.3. The molecular weight excluding hydrogens is 1830 g/mol. The summed E-state index contributed by atoms with van der Waals surface area (Å²) in [6, 6.07) is 92.3. The summed E-state index contributed by atoms with van der Waals surface area (Å²) in [6.07, 6.45) is 1.03. The number of hydrogen-bond acceptors (Lipinski definition) is 0. The van der Waals surface area contributed by atoms with Crippen molar-refractivity contribution >= 4 is 63.7 Å². The van der Waals surface area contributed by atoms with Gasteiger partial charge < -0.3 is 0 Å². The zero-order valence-corrected chi connectivity index (χ0v) is 91.3. The largest absolute Gasteiger partial charge is 0.0617 e. The van der Waals surface area contributed by atoms with Crippen LogP contribution in [0.25, 0.3) is 44.5 Å². The maximum Gasteiger partial charge on any atom is 0.0297 e. The van der Waals surface area contributed by atoms with E-state index in [1.165, 1.54) is 245 Å². The van der Waals surface area contributed by atoms with Crippen LogP contribution >= 0.6 is 63.7 Å². The first-order chi connectivity index (χ1) is 61.1. The average Bonchev–Trinajstić information content (AvgIpc) is 0.751. The predicted octanol–water partition coefficient (Wildman–Crippen LogP) is 38.7. The Balaban J connectivity index is 0.000000203. The molecule has 0 amide bonds. The van der Waals surface area contributed by atoms with Gasteiger partial charge in [-0.1, -0.05) is 330 Å². The third kappa shape index (κ3) is 30.9. The van der Waals surface area contributed by atoms with Crippen LogP contribution in [0.3, 0.4) is 0 Å². The fourth-order valence-electron chi connectivity index (χ4n) is 15.2. The van der Waals surface area contributed by atoms with Crippen molar-refractivity contribution in [2.75, 3.05) is 0 Å². The highest BCUT2D eigenvalue weighted by Gasteiger charge is 2.26. The summed E-state index contributed by atoms with van der Waals surface area (Å²) in [7, 11) is 0. The number of halogens is 4. The van der Waals surface area contributed by atoms with Crippen LogP contribution in [-0.2, 0) is 11.8 Å². The average molecular weight is 1980 g/mol. The molecule has 15 aromatic carbocycles. The first-order valence-electron chi connectivity index (χ1n) is 45.8. The minimum absolute atomic E-state index is 0.0417. The molecule has 0 aliphatic carbocycles. The van der Waals surface area contributed by atoms with Gasteiger partial charge in [0, 0.05) is 34.4 Å². The summed E-state index contributed by atoms with van der Waals surface area (Å²) in [5.41, 5.74) is 58.9. The fourth-order valence-corrected chi connectivity index (χ4v) is 18.5. The normalized spacial score (nSPS) is 10.6. The van der Waals surface area contributed by atoms with E-state index in [-0.39, 0.29) is 5.41 Å².